The van der Waals surface area contributed by atoms with Crippen molar-refractivity contribution in [1.82, 2.24) is 9.97 Å². The zero-order chi connectivity index (χ0) is 17.5. The van der Waals surface area contributed by atoms with E-state index in [0.29, 0.717) is 25.1 Å². The molecule has 5 nitrogen and oxygen atoms in total. The number of anilines is 1. The van der Waals surface area contributed by atoms with E-state index in [9.17, 15) is 4.79 Å². The Hall–Kier alpha value is -2.76. The van der Waals surface area contributed by atoms with Crippen LogP contribution in [0.15, 0.2) is 67.0 Å². The molecule has 0 unspecified atom stereocenters. The summed E-state index contributed by atoms with van der Waals surface area (Å²) in [6, 6.07) is 19.3. The fourth-order valence-corrected chi connectivity index (χ4v) is 2.54. The Morgan fingerprint density at radius 3 is 2.50 bits per heavy atom. The van der Waals surface area contributed by atoms with Crippen molar-refractivity contribution in [2.24, 2.45) is 5.73 Å². The number of nitrogens with zero attached hydrogens (tertiary/aromatic N) is 2. The number of nitrogens with two attached hydrogens (primary N) is 1. The first-order chi connectivity index (χ1) is 12.2. The maximum absolute atomic E-state index is 12.5. The third-order valence-corrected chi connectivity index (χ3v) is 3.86. The van der Waals surface area contributed by atoms with E-state index < -0.39 is 0 Å². The van der Waals surface area contributed by atoms with Crippen molar-refractivity contribution < 1.29 is 4.79 Å². The average molecular weight is 369 g/mol. The molecule has 0 atom stereocenters. The van der Waals surface area contributed by atoms with E-state index in [-0.39, 0.29) is 18.2 Å². The SMILES string of the molecule is Cl.NCc1cc(NCc2cccc(C(=O)Cc3ccccc3)c2)ncn1. The summed E-state index contributed by atoms with van der Waals surface area (Å²) < 4.78 is 0. The fourth-order valence-electron chi connectivity index (χ4n) is 2.54. The van der Waals surface area contributed by atoms with Gasteiger partial charge in [-0.05, 0) is 17.2 Å². The molecule has 3 N–H and O–H groups in total. The van der Waals surface area contributed by atoms with Gasteiger partial charge in [-0.3, -0.25) is 4.79 Å². The number of aromatic nitrogens is 2. The Morgan fingerprint density at radius 2 is 1.73 bits per heavy atom. The molecule has 0 amide bonds. The van der Waals surface area contributed by atoms with Crippen molar-refractivity contribution in [3.8, 4) is 0 Å². The van der Waals surface area contributed by atoms with Gasteiger partial charge in [0, 0.05) is 31.1 Å². The Kier molecular flexibility index (Phi) is 7.26. The number of hydrogen-bond acceptors (Lipinski definition) is 5. The number of benzene rings is 2. The van der Waals surface area contributed by atoms with Crippen molar-refractivity contribution in [1.29, 1.82) is 0 Å². The number of Topliss-reactive ketones (excluding diaryl/α,β-unsaturated/α-hetero) is 1. The minimum Gasteiger partial charge on any atom is -0.366 e. The largest absolute Gasteiger partial charge is 0.366 e. The molecule has 0 spiro atoms. The first-order valence-electron chi connectivity index (χ1n) is 8.15. The van der Waals surface area contributed by atoms with Crippen LogP contribution >= 0.6 is 12.4 Å². The van der Waals surface area contributed by atoms with Crippen molar-refractivity contribution >= 4 is 24.0 Å². The van der Waals surface area contributed by atoms with E-state index >= 15 is 0 Å². The second-order valence-electron chi connectivity index (χ2n) is 5.74. The van der Waals surface area contributed by atoms with Gasteiger partial charge < -0.3 is 11.1 Å². The summed E-state index contributed by atoms with van der Waals surface area (Å²) in [4.78, 5) is 20.7. The van der Waals surface area contributed by atoms with E-state index in [4.69, 9.17) is 5.73 Å². The van der Waals surface area contributed by atoms with Gasteiger partial charge in [-0.15, -0.1) is 12.4 Å². The highest BCUT2D eigenvalue weighted by molar-refractivity contribution is 5.97. The number of rotatable bonds is 7. The van der Waals surface area contributed by atoms with Crippen LogP contribution in [0.1, 0.15) is 27.2 Å². The normalized spacial score (nSPS) is 10.0. The Balaban J connectivity index is 0.00000243. The van der Waals surface area contributed by atoms with Crippen molar-refractivity contribution in [2.75, 3.05) is 5.32 Å². The first kappa shape index (κ1) is 19.6. The molecule has 0 aliphatic rings. The summed E-state index contributed by atoms with van der Waals surface area (Å²) in [5.74, 6) is 0.831. The lowest BCUT2D eigenvalue weighted by Crippen LogP contribution is -2.07. The van der Waals surface area contributed by atoms with E-state index in [0.717, 1.165) is 22.6 Å². The number of hydrogen-bond donors (Lipinski definition) is 2. The molecule has 3 rings (SSSR count). The second kappa shape index (κ2) is 9.65. The molecular formula is C20H21ClN4O. The van der Waals surface area contributed by atoms with Gasteiger partial charge in [-0.2, -0.15) is 0 Å². The van der Waals surface area contributed by atoms with E-state index in [2.05, 4.69) is 15.3 Å². The summed E-state index contributed by atoms with van der Waals surface area (Å²) in [7, 11) is 0. The van der Waals surface area contributed by atoms with Crippen LogP contribution in [0.5, 0.6) is 0 Å². The van der Waals surface area contributed by atoms with Crippen LogP contribution in [0.25, 0.3) is 0 Å². The number of carbonyl (C=O) groups is 1. The highest BCUT2D eigenvalue weighted by atomic mass is 35.5. The maximum Gasteiger partial charge on any atom is 0.167 e. The topological polar surface area (TPSA) is 80.9 Å². The standard InChI is InChI=1S/C20H20N4O.ClH/c21-12-18-11-20(24-14-23-18)22-13-16-7-4-8-17(9-16)19(25)10-15-5-2-1-3-6-15;/h1-9,11,14H,10,12-13,21H2,(H,22,23,24);1H. The van der Waals surface area contributed by atoms with Gasteiger partial charge in [0.1, 0.15) is 12.1 Å². The predicted molar refractivity (Wildman–Crippen MR) is 105 cm³/mol. The summed E-state index contributed by atoms with van der Waals surface area (Å²) in [6.07, 6.45) is 1.90. The van der Waals surface area contributed by atoms with Crippen LogP contribution in [-0.2, 0) is 19.5 Å². The number of carbonyl (C=O) groups excluding carboxylic acids is 1. The first-order valence-corrected chi connectivity index (χ1v) is 8.15. The lowest BCUT2D eigenvalue weighted by molar-refractivity contribution is 0.0993. The summed E-state index contributed by atoms with van der Waals surface area (Å²) in [5, 5.41) is 3.23. The highest BCUT2D eigenvalue weighted by Crippen LogP contribution is 2.12. The van der Waals surface area contributed by atoms with Crippen LogP contribution in [0.3, 0.4) is 0 Å². The quantitative estimate of drug-likeness (QED) is 0.625. The summed E-state index contributed by atoms with van der Waals surface area (Å²) in [6.45, 7) is 0.953. The molecule has 1 aromatic heterocycles. The monoisotopic (exact) mass is 368 g/mol. The van der Waals surface area contributed by atoms with Crippen LogP contribution in [0, 0.1) is 0 Å². The number of halogens is 1. The zero-order valence-corrected chi connectivity index (χ0v) is 15.1. The van der Waals surface area contributed by atoms with E-state index in [1.165, 1.54) is 6.33 Å². The number of ketones is 1. The number of nitrogens with one attached hydrogen (secondary N) is 1. The van der Waals surface area contributed by atoms with Gasteiger partial charge in [-0.1, -0.05) is 48.5 Å². The van der Waals surface area contributed by atoms with Crippen molar-refractivity contribution in [2.45, 2.75) is 19.5 Å². The van der Waals surface area contributed by atoms with Gasteiger partial charge in [0.15, 0.2) is 5.78 Å². The van der Waals surface area contributed by atoms with Crippen LogP contribution in [-0.4, -0.2) is 15.8 Å². The lowest BCUT2D eigenvalue weighted by atomic mass is 10.0. The maximum atomic E-state index is 12.5. The van der Waals surface area contributed by atoms with Crippen LogP contribution in [0.4, 0.5) is 5.82 Å². The molecular weight excluding hydrogens is 348 g/mol. The molecule has 134 valence electrons. The molecule has 0 saturated carbocycles. The molecule has 0 saturated heterocycles. The molecule has 0 aliphatic carbocycles. The highest BCUT2D eigenvalue weighted by Gasteiger charge is 2.08. The minimum absolute atomic E-state index is 0. The molecule has 0 bridgehead atoms. The molecule has 1 heterocycles. The molecule has 0 radical (unpaired) electrons. The van der Waals surface area contributed by atoms with Gasteiger partial charge in [-0.25, -0.2) is 9.97 Å². The van der Waals surface area contributed by atoms with Crippen LogP contribution in [0.2, 0.25) is 0 Å². The predicted octanol–water partition coefficient (Wildman–Crippen LogP) is 3.39. The van der Waals surface area contributed by atoms with E-state index in [1.807, 2.05) is 60.7 Å². The third kappa shape index (κ3) is 5.37. The average Bonchev–Trinajstić information content (AvgIpc) is 2.67. The zero-order valence-electron chi connectivity index (χ0n) is 14.3. The second-order valence-corrected chi connectivity index (χ2v) is 5.74. The van der Waals surface area contributed by atoms with Gasteiger partial charge >= 0.3 is 0 Å². The molecule has 0 aliphatic heterocycles. The lowest BCUT2D eigenvalue weighted by Gasteiger charge is -2.08. The Labute approximate surface area is 159 Å². The third-order valence-electron chi connectivity index (χ3n) is 3.86. The van der Waals surface area contributed by atoms with Gasteiger partial charge in [0.2, 0.25) is 0 Å². The van der Waals surface area contributed by atoms with Gasteiger partial charge in [0.25, 0.3) is 0 Å². The van der Waals surface area contributed by atoms with Crippen LogP contribution < -0.4 is 11.1 Å². The van der Waals surface area contributed by atoms with E-state index in [1.54, 1.807) is 0 Å². The van der Waals surface area contributed by atoms with Gasteiger partial charge in [0.05, 0.1) is 5.69 Å². The fraction of sp³-hybridized carbons (Fsp3) is 0.150. The summed E-state index contributed by atoms with van der Waals surface area (Å²) >= 11 is 0. The molecule has 6 heteroatoms. The van der Waals surface area contributed by atoms with Crippen molar-refractivity contribution in [3.05, 3.63) is 89.4 Å². The molecule has 26 heavy (non-hydrogen) atoms. The Bertz CT molecular complexity index is 855. The van der Waals surface area contributed by atoms with Crippen molar-refractivity contribution in [3.63, 3.8) is 0 Å². The summed E-state index contributed by atoms with van der Waals surface area (Å²) in [5.41, 5.74) is 9.12. The molecule has 3 aromatic rings. The Morgan fingerprint density at radius 1 is 0.962 bits per heavy atom. The minimum atomic E-state index is 0. The smallest absolute Gasteiger partial charge is 0.167 e. The molecule has 0 fully saturated rings. The molecule has 2 aromatic carbocycles.